The summed E-state index contributed by atoms with van der Waals surface area (Å²) >= 11 is 0. The first kappa shape index (κ1) is 29.8. The van der Waals surface area contributed by atoms with Crippen LogP contribution in [-0.4, -0.2) is 72.6 Å². The smallest absolute Gasteiger partial charge is 0.326 e. The van der Waals surface area contributed by atoms with E-state index >= 15 is 0 Å². The molecular weight excluding hydrogens is 440 g/mol. The second-order valence-corrected chi connectivity index (χ2v) is 8.88. The lowest BCUT2D eigenvalue weighted by Crippen LogP contribution is -2.57. The lowest BCUT2D eigenvalue weighted by molar-refractivity contribution is -0.142. The molecule has 11 nitrogen and oxygen atoms in total. The van der Waals surface area contributed by atoms with Crippen molar-refractivity contribution in [3.05, 3.63) is 0 Å². The number of unbranched alkanes of at least 4 members (excludes halogenated alkanes) is 3. The molecule has 1 aliphatic rings. The number of aliphatic carboxylic acids is 1. The summed E-state index contributed by atoms with van der Waals surface area (Å²) in [4.78, 5) is 50.2. The minimum atomic E-state index is -1.12. The van der Waals surface area contributed by atoms with Gasteiger partial charge in [0.2, 0.25) is 17.7 Å². The molecular formula is C23H44N6O5. The minimum Gasteiger partial charge on any atom is -0.480 e. The summed E-state index contributed by atoms with van der Waals surface area (Å²) < 4.78 is 0. The maximum Gasteiger partial charge on any atom is 0.326 e. The number of carbonyl (C=O) groups is 4. The predicted octanol–water partition coefficient (Wildman–Crippen LogP) is -0.274. The fourth-order valence-electron chi connectivity index (χ4n) is 3.91. The molecule has 9 N–H and O–H groups in total. The quantitative estimate of drug-likeness (QED) is 0.129. The molecule has 0 saturated carbocycles. The van der Waals surface area contributed by atoms with Crippen LogP contribution in [0.2, 0.25) is 0 Å². The molecule has 0 aromatic heterocycles. The number of hydrogen-bond donors (Lipinski definition) is 7. The molecule has 1 fully saturated rings. The van der Waals surface area contributed by atoms with Crippen molar-refractivity contribution in [1.82, 2.24) is 21.3 Å². The summed E-state index contributed by atoms with van der Waals surface area (Å²) in [7, 11) is 0. The van der Waals surface area contributed by atoms with Gasteiger partial charge in [0.25, 0.3) is 0 Å². The van der Waals surface area contributed by atoms with Gasteiger partial charge in [-0.15, -0.1) is 0 Å². The number of rotatable bonds is 18. The van der Waals surface area contributed by atoms with Crippen molar-refractivity contribution in [1.29, 1.82) is 0 Å². The van der Waals surface area contributed by atoms with Crippen LogP contribution in [-0.2, 0) is 19.2 Å². The molecule has 0 aromatic carbocycles. The summed E-state index contributed by atoms with van der Waals surface area (Å²) in [5, 5.41) is 20.7. The van der Waals surface area contributed by atoms with E-state index in [0.717, 1.165) is 19.4 Å². The van der Waals surface area contributed by atoms with Gasteiger partial charge in [-0.25, -0.2) is 4.79 Å². The molecule has 1 saturated heterocycles. The van der Waals surface area contributed by atoms with Crippen molar-refractivity contribution < 1.29 is 24.3 Å². The number of nitrogens with one attached hydrogen (secondary N) is 4. The SMILES string of the molecule is CCCCC(NC(=O)[C@H](CCCCN)NC(=O)[C@@H]1CCCN1)C(=O)N[C@@H](CCCCN)C(=O)O. The maximum atomic E-state index is 13.1. The first-order chi connectivity index (χ1) is 16.3. The highest BCUT2D eigenvalue weighted by molar-refractivity contribution is 5.94. The zero-order chi connectivity index (χ0) is 25.3. The van der Waals surface area contributed by atoms with Crippen molar-refractivity contribution in [2.75, 3.05) is 19.6 Å². The summed E-state index contributed by atoms with van der Waals surface area (Å²) in [5.74, 6) is -2.34. The van der Waals surface area contributed by atoms with E-state index in [-0.39, 0.29) is 18.4 Å². The second-order valence-electron chi connectivity index (χ2n) is 8.88. The van der Waals surface area contributed by atoms with Crippen LogP contribution in [0.5, 0.6) is 0 Å². The maximum absolute atomic E-state index is 13.1. The summed E-state index contributed by atoms with van der Waals surface area (Å²) in [5.41, 5.74) is 11.0. The van der Waals surface area contributed by atoms with Gasteiger partial charge in [0.15, 0.2) is 0 Å². The number of amides is 3. The highest BCUT2D eigenvalue weighted by atomic mass is 16.4. The standard InChI is InChI=1S/C23H44N6O5/c1-2-3-9-17(22(32)29-19(23(33)34)11-5-7-14-25)28-21(31)18(10-4-6-13-24)27-20(30)16-12-8-15-26-16/h16-19,26H,2-15,24-25H2,1H3,(H,27,30)(H,28,31)(H,29,32)(H,33,34)/t16-,17?,18-,19-/m0/s1. The Kier molecular flexibility index (Phi) is 15.1. The van der Waals surface area contributed by atoms with Gasteiger partial charge in [-0.3, -0.25) is 14.4 Å². The van der Waals surface area contributed by atoms with Crippen LogP contribution in [0.1, 0.15) is 77.6 Å². The van der Waals surface area contributed by atoms with Crippen molar-refractivity contribution in [3.63, 3.8) is 0 Å². The summed E-state index contributed by atoms with van der Waals surface area (Å²) in [6.45, 7) is 3.66. The van der Waals surface area contributed by atoms with Crippen molar-refractivity contribution >= 4 is 23.7 Å². The number of carbonyl (C=O) groups excluding carboxylic acids is 3. The van der Waals surface area contributed by atoms with Gasteiger partial charge in [0.05, 0.1) is 6.04 Å². The Labute approximate surface area is 202 Å². The fraction of sp³-hybridized carbons (Fsp3) is 0.826. The first-order valence-electron chi connectivity index (χ1n) is 12.6. The Morgan fingerprint density at radius 1 is 0.853 bits per heavy atom. The van der Waals surface area contributed by atoms with Gasteiger partial charge in [0, 0.05) is 0 Å². The molecule has 1 heterocycles. The van der Waals surface area contributed by atoms with Crippen LogP contribution in [0.15, 0.2) is 0 Å². The van der Waals surface area contributed by atoms with E-state index in [0.29, 0.717) is 64.5 Å². The molecule has 11 heteroatoms. The van der Waals surface area contributed by atoms with E-state index in [9.17, 15) is 24.3 Å². The third-order valence-electron chi connectivity index (χ3n) is 6.00. The molecule has 0 radical (unpaired) electrons. The Bertz CT molecular complexity index is 641. The second kappa shape index (κ2) is 17.2. The monoisotopic (exact) mass is 484 g/mol. The van der Waals surface area contributed by atoms with Gasteiger partial charge in [-0.05, 0) is 77.4 Å². The topological polar surface area (TPSA) is 189 Å². The van der Waals surface area contributed by atoms with E-state index in [2.05, 4.69) is 21.3 Å². The minimum absolute atomic E-state index is 0.231. The molecule has 3 amide bonds. The predicted molar refractivity (Wildman–Crippen MR) is 130 cm³/mol. The molecule has 1 unspecified atom stereocenters. The Morgan fingerprint density at radius 3 is 1.88 bits per heavy atom. The molecule has 196 valence electrons. The third kappa shape index (κ3) is 11.3. The zero-order valence-electron chi connectivity index (χ0n) is 20.4. The zero-order valence-corrected chi connectivity index (χ0v) is 20.4. The van der Waals surface area contributed by atoms with E-state index in [1.165, 1.54) is 0 Å². The van der Waals surface area contributed by atoms with Gasteiger partial charge in [0.1, 0.15) is 18.1 Å². The molecule has 0 bridgehead atoms. The molecule has 0 spiro atoms. The Morgan fingerprint density at radius 2 is 1.38 bits per heavy atom. The fourth-order valence-corrected chi connectivity index (χ4v) is 3.91. The van der Waals surface area contributed by atoms with E-state index < -0.39 is 35.9 Å². The summed E-state index contributed by atoms with van der Waals surface area (Å²) in [6, 6.07) is -3.05. The normalized spacial score (nSPS) is 18.0. The average Bonchev–Trinajstić information content (AvgIpc) is 3.35. The number of hydrogen-bond acceptors (Lipinski definition) is 7. The lowest BCUT2D eigenvalue weighted by Gasteiger charge is -2.25. The van der Waals surface area contributed by atoms with Gasteiger partial charge in [-0.1, -0.05) is 19.8 Å². The number of carboxylic acid groups (broad SMARTS) is 1. The molecule has 4 atom stereocenters. The first-order valence-corrected chi connectivity index (χ1v) is 12.6. The number of nitrogens with two attached hydrogens (primary N) is 2. The van der Waals surface area contributed by atoms with Crippen LogP contribution in [0.3, 0.4) is 0 Å². The van der Waals surface area contributed by atoms with Crippen LogP contribution >= 0.6 is 0 Å². The molecule has 1 aliphatic heterocycles. The van der Waals surface area contributed by atoms with Gasteiger partial charge < -0.3 is 37.8 Å². The average molecular weight is 485 g/mol. The van der Waals surface area contributed by atoms with Crippen LogP contribution in [0, 0.1) is 0 Å². The number of carboxylic acids is 1. The van der Waals surface area contributed by atoms with Gasteiger partial charge >= 0.3 is 5.97 Å². The largest absolute Gasteiger partial charge is 0.480 e. The highest BCUT2D eigenvalue weighted by Crippen LogP contribution is 2.09. The summed E-state index contributed by atoms with van der Waals surface area (Å²) in [6.07, 6.45) is 6.74. The van der Waals surface area contributed by atoms with Crippen molar-refractivity contribution in [2.45, 2.75) is 102 Å². The Balaban J connectivity index is 2.85. The van der Waals surface area contributed by atoms with E-state index in [4.69, 9.17) is 11.5 Å². The molecule has 0 aliphatic carbocycles. The van der Waals surface area contributed by atoms with Crippen LogP contribution in [0.4, 0.5) is 0 Å². The van der Waals surface area contributed by atoms with E-state index in [1.807, 2.05) is 6.92 Å². The third-order valence-corrected chi connectivity index (χ3v) is 6.00. The molecule has 0 aromatic rings. The Hall–Kier alpha value is -2.24. The lowest BCUT2D eigenvalue weighted by atomic mass is 10.0. The molecule has 34 heavy (non-hydrogen) atoms. The van der Waals surface area contributed by atoms with Crippen LogP contribution in [0.25, 0.3) is 0 Å². The highest BCUT2D eigenvalue weighted by Gasteiger charge is 2.31. The van der Waals surface area contributed by atoms with E-state index in [1.54, 1.807) is 0 Å². The van der Waals surface area contributed by atoms with Crippen molar-refractivity contribution in [2.24, 2.45) is 11.5 Å². The van der Waals surface area contributed by atoms with Crippen molar-refractivity contribution in [3.8, 4) is 0 Å². The van der Waals surface area contributed by atoms with Gasteiger partial charge in [-0.2, -0.15) is 0 Å². The van der Waals surface area contributed by atoms with Crippen LogP contribution < -0.4 is 32.7 Å². The molecule has 1 rings (SSSR count).